The Morgan fingerprint density at radius 3 is 3.11 bits per heavy atom. The summed E-state index contributed by atoms with van der Waals surface area (Å²) in [5.74, 6) is 0. The zero-order valence-corrected chi connectivity index (χ0v) is 10.6. The topological polar surface area (TPSA) is 81.9 Å². The molecule has 6 nitrogen and oxygen atoms in total. The Labute approximate surface area is 110 Å². The Bertz CT molecular complexity index is 700. The van der Waals surface area contributed by atoms with Crippen molar-refractivity contribution in [2.75, 3.05) is 17.6 Å². The van der Waals surface area contributed by atoms with Crippen molar-refractivity contribution >= 4 is 22.8 Å². The van der Waals surface area contributed by atoms with Gasteiger partial charge < -0.3 is 15.5 Å². The summed E-state index contributed by atoms with van der Waals surface area (Å²) in [5.41, 5.74) is 9.04. The van der Waals surface area contributed by atoms with E-state index in [-0.39, 0.29) is 0 Å². The second-order valence-electron chi connectivity index (χ2n) is 4.45. The van der Waals surface area contributed by atoms with E-state index in [0.29, 0.717) is 17.3 Å². The Morgan fingerprint density at radius 2 is 2.32 bits per heavy atom. The van der Waals surface area contributed by atoms with Gasteiger partial charge in [-0.25, -0.2) is 0 Å². The molecule has 3 rings (SSSR count). The van der Waals surface area contributed by atoms with Gasteiger partial charge in [0.05, 0.1) is 6.20 Å². The molecule has 0 saturated heterocycles. The molecule has 3 aromatic rings. The van der Waals surface area contributed by atoms with E-state index in [2.05, 4.69) is 15.4 Å². The molecule has 6 heteroatoms. The summed E-state index contributed by atoms with van der Waals surface area (Å²) in [6.07, 6.45) is 4.72. The van der Waals surface area contributed by atoms with E-state index in [9.17, 15) is 0 Å². The van der Waals surface area contributed by atoms with Crippen molar-refractivity contribution in [2.45, 2.75) is 6.42 Å². The predicted octanol–water partition coefficient (Wildman–Crippen LogP) is 1.80. The summed E-state index contributed by atoms with van der Waals surface area (Å²) in [4.78, 5) is 4.34. The minimum absolute atomic E-state index is 0.518. The Kier molecular flexibility index (Phi) is 2.83. The van der Waals surface area contributed by atoms with Gasteiger partial charge in [-0.3, -0.25) is 4.68 Å². The van der Waals surface area contributed by atoms with Crippen LogP contribution in [0.1, 0.15) is 5.56 Å². The van der Waals surface area contributed by atoms with Crippen molar-refractivity contribution in [2.24, 2.45) is 7.05 Å². The molecular weight excluding hydrogens is 242 g/mol. The first kappa shape index (κ1) is 11.6. The van der Waals surface area contributed by atoms with E-state index < -0.39 is 0 Å². The van der Waals surface area contributed by atoms with E-state index in [0.717, 1.165) is 18.5 Å². The van der Waals surface area contributed by atoms with Crippen LogP contribution in [-0.2, 0) is 13.5 Å². The molecule has 0 aliphatic rings. The molecule has 98 valence electrons. The lowest BCUT2D eigenvalue weighted by molar-refractivity contribution is 0.614. The normalized spacial score (nSPS) is 11.0. The number of aryl methyl sites for hydroxylation is 1. The number of benzene rings is 1. The SMILES string of the molecule is Cn1cc(CCNc2nc3ccc(N)cc3o2)cn1. The molecule has 0 saturated carbocycles. The van der Waals surface area contributed by atoms with Crippen LogP contribution in [0.5, 0.6) is 0 Å². The zero-order chi connectivity index (χ0) is 13.2. The van der Waals surface area contributed by atoms with Gasteiger partial charge in [-0.2, -0.15) is 10.1 Å². The molecular formula is C13H15N5O. The van der Waals surface area contributed by atoms with Crippen molar-refractivity contribution in [3.63, 3.8) is 0 Å². The maximum absolute atomic E-state index is 5.69. The monoisotopic (exact) mass is 257 g/mol. The number of nitrogens with one attached hydrogen (secondary N) is 1. The fraction of sp³-hybridized carbons (Fsp3) is 0.231. The third kappa shape index (κ3) is 2.52. The van der Waals surface area contributed by atoms with Crippen molar-refractivity contribution in [1.29, 1.82) is 0 Å². The van der Waals surface area contributed by atoms with Gasteiger partial charge in [-0.15, -0.1) is 0 Å². The smallest absolute Gasteiger partial charge is 0.295 e. The first-order valence-electron chi connectivity index (χ1n) is 6.08. The van der Waals surface area contributed by atoms with E-state index in [1.54, 1.807) is 10.7 Å². The van der Waals surface area contributed by atoms with Gasteiger partial charge in [0.2, 0.25) is 0 Å². The molecule has 1 aromatic carbocycles. The molecule has 0 radical (unpaired) electrons. The molecule has 0 atom stereocenters. The Morgan fingerprint density at radius 1 is 1.42 bits per heavy atom. The van der Waals surface area contributed by atoms with E-state index in [4.69, 9.17) is 10.2 Å². The van der Waals surface area contributed by atoms with Crippen LogP contribution in [-0.4, -0.2) is 21.3 Å². The van der Waals surface area contributed by atoms with Gasteiger partial charge in [-0.05, 0) is 24.1 Å². The zero-order valence-electron chi connectivity index (χ0n) is 10.6. The summed E-state index contributed by atoms with van der Waals surface area (Å²) >= 11 is 0. The predicted molar refractivity (Wildman–Crippen MR) is 73.8 cm³/mol. The highest BCUT2D eigenvalue weighted by Gasteiger charge is 2.05. The largest absolute Gasteiger partial charge is 0.423 e. The first-order chi connectivity index (χ1) is 9.20. The van der Waals surface area contributed by atoms with Gasteiger partial charge >= 0.3 is 0 Å². The van der Waals surface area contributed by atoms with Gasteiger partial charge in [0.25, 0.3) is 6.01 Å². The maximum atomic E-state index is 5.69. The van der Waals surface area contributed by atoms with Crippen molar-refractivity contribution in [3.8, 4) is 0 Å². The summed E-state index contributed by atoms with van der Waals surface area (Å²) < 4.78 is 7.36. The Hall–Kier alpha value is -2.50. The number of hydrogen-bond donors (Lipinski definition) is 2. The number of fused-ring (bicyclic) bond motifs is 1. The van der Waals surface area contributed by atoms with Crippen LogP contribution in [0.3, 0.4) is 0 Å². The molecule has 0 amide bonds. The van der Waals surface area contributed by atoms with Crippen LogP contribution in [0.25, 0.3) is 11.1 Å². The molecule has 2 heterocycles. The molecule has 0 unspecified atom stereocenters. The van der Waals surface area contributed by atoms with Crippen LogP contribution in [0.2, 0.25) is 0 Å². The fourth-order valence-corrected chi connectivity index (χ4v) is 1.93. The van der Waals surface area contributed by atoms with Crippen LogP contribution < -0.4 is 11.1 Å². The van der Waals surface area contributed by atoms with Crippen LogP contribution >= 0.6 is 0 Å². The molecule has 0 spiro atoms. The second kappa shape index (κ2) is 4.64. The number of anilines is 2. The van der Waals surface area contributed by atoms with Crippen molar-refractivity contribution < 1.29 is 4.42 Å². The highest BCUT2D eigenvalue weighted by Crippen LogP contribution is 2.20. The molecule has 0 fully saturated rings. The van der Waals surface area contributed by atoms with E-state index >= 15 is 0 Å². The molecule has 3 N–H and O–H groups in total. The summed E-state index contributed by atoms with van der Waals surface area (Å²) in [7, 11) is 1.90. The van der Waals surface area contributed by atoms with Gasteiger partial charge in [0, 0.05) is 31.5 Å². The lowest BCUT2D eigenvalue weighted by Gasteiger charge is -1.98. The number of nitrogens with two attached hydrogens (primary N) is 1. The maximum Gasteiger partial charge on any atom is 0.295 e. The van der Waals surface area contributed by atoms with E-state index in [1.807, 2.05) is 31.6 Å². The van der Waals surface area contributed by atoms with Crippen LogP contribution in [0.4, 0.5) is 11.7 Å². The lowest BCUT2D eigenvalue weighted by Crippen LogP contribution is -2.04. The van der Waals surface area contributed by atoms with E-state index in [1.165, 1.54) is 5.56 Å². The molecule has 0 aliphatic carbocycles. The quantitative estimate of drug-likeness (QED) is 0.696. The van der Waals surface area contributed by atoms with Crippen LogP contribution in [0.15, 0.2) is 35.0 Å². The third-order valence-corrected chi connectivity index (χ3v) is 2.86. The number of nitrogen functional groups attached to an aromatic ring is 1. The van der Waals surface area contributed by atoms with Crippen molar-refractivity contribution in [3.05, 3.63) is 36.2 Å². The summed E-state index contributed by atoms with van der Waals surface area (Å²) in [6.45, 7) is 0.744. The number of nitrogens with zero attached hydrogens (tertiary/aromatic N) is 3. The first-order valence-corrected chi connectivity index (χ1v) is 6.08. The molecule has 0 bridgehead atoms. The number of hydrogen-bond acceptors (Lipinski definition) is 5. The number of aromatic nitrogens is 3. The van der Waals surface area contributed by atoms with Crippen LogP contribution in [0, 0.1) is 0 Å². The standard InChI is InChI=1S/C13H15N5O/c1-18-8-9(7-16-18)4-5-15-13-17-11-3-2-10(14)6-12(11)19-13/h2-3,6-8H,4-5,14H2,1H3,(H,15,17). The highest BCUT2D eigenvalue weighted by molar-refractivity contribution is 5.78. The van der Waals surface area contributed by atoms with Gasteiger partial charge in [-0.1, -0.05) is 0 Å². The van der Waals surface area contributed by atoms with Crippen molar-refractivity contribution in [1.82, 2.24) is 14.8 Å². The molecule has 2 aromatic heterocycles. The molecule has 19 heavy (non-hydrogen) atoms. The fourth-order valence-electron chi connectivity index (χ4n) is 1.93. The van der Waals surface area contributed by atoms with Gasteiger partial charge in [0.1, 0.15) is 5.52 Å². The second-order valence-corrected chi connectivity index (χ2v) is 4.45. The summed E-state index contributed by atoms with van der Waals surface area (Å²) in [5, 5.41) is 7.28. The lowest BCUT2D eigenvalue weighted by atomic mass is 10.2. The minimum Gasteiger partial charge on any atom is -0.423 e. The van der Waals surface area contributed by atoms with Gasteiger partial charge in [0.15, 0.2) is 5.58 Å². The summed E-state index contributed by atoms with van der Waals surface area (Å²) in [6, 6.07) is 5.95. The minimum atomic E-state index is 0.518. The third-order valence-electron chi connectivity index (χ3n) is 2.86. The average molecular weight is 257 g/mol. The highest BCUT2D eigenvalue weighted by atomic mass is 16.4. The average Bonchev–Trinajstić information content (AvgIpc) is 2.95. The number of oxazole rings is 1. The number of rotatable bonds is 4. The molecule has 0 aliphatic heterocycles. The Balaban J connectivity index is 1.65.